The van der Waals surface area contributed by atoms with Crippen molar-refractivity contribution in [3.05, 3.63) is 24.3 Å². The molecule has 1 aliphatic rings. The van der Waals surface area contributed by atoms with Crippen molar-refractivity contribution in [1.82, 2.24) is 0 Å². The highest BCUT2D eigenvalue weighted by Gasteiger charge is 2.21. The lowest BCUT2D eigenvalue weighted by molar-refractivity contribution is 0.299. The highest BCUT2D eigenvalue weighted by molar-refractivity contribution is 7.91. The standard InChI is InChI=1S/C12H16O3S/c1-2-16(13,14)12-7-5-11(6-8-12)15-9-10-3-4-10/h5-8,10H,2-4,9H2,1H3. The molecule has 0 aliphatic heterocycles. The third-order valence-corrected chi connectivity index (χ3v) is 4.50. The Morgan fingerprint density at radius 2 is 1.88 bits per heavy atom. The first-order chi connectivity index (χ1) is 7.62. The minimum Gasteiger partial charge on any atom is -0.493 e. The van der Waals surface area contributed by atoms with Crippen molar-refractivity contribution in [2.75, 3.05) is 12.4 Å². The van der Waals surface area contributed by atoms with E-state index < -0.39 is 9.84 Å². The van der Waals surface area contributed by atoms with Crippen molar-refractivity contribution in [3.8, 4) is 5.75 Å². The molecule has 0 aromatic heterocycles. The summed E-state index contributed by atoms with van der Waals surface area (Å²) < 4.78 is 28.6. The van der Waals surface area contributed by atoms with E-state index in [0.717, 1.165) is 12.4 Å². The molecule has 0 radical (unpaired) electrons. The van der Waals surface area contributed by atoms with Gasteiger partial charge in [-0.25, -0.2) is 8.42 Å². The van der Waals surface area contributed by atoms with Gasteiger partial charge in [0.15, 0.2) is 9.84 Å². The fourth-order valence-corrected chi connectivity index (χ4v) is 2.29. The molecule has 0 atom stereocenters. The number of benzene rings is 1. The van der Waals surface area contributed by atoms with Gasteiger partial charge < -0.3 is 4.74 Å². The van der Waals surface area contributed by atoms with Crippen LogP contribution in [0.25, 0.3) is 0 Å². The quantitative estimate of drug-likeness (QED) is 0.793. The molecule has 0 unspecified atom stereocenters. The van der Waals surface area contributed by atoms with Crippen LogP contribution in [0.15, 0.2) is 29.2 Å². The van der Waals surface area contributed by atoms with E-state index in [1.54, 1.807) is 31.2 Å². The van der Waals surface area contributed by atoms with Crippen LogP contribution >= 0.6 is 0 Å². The number of rotatable bonds is 5. The fraction of sp³-hybridized carbons (Fsp3) is 0.500. The van der Waals surface area contributed by atoms with Crippen molar-refractivity contribution in [2.24, 2.45) is 5.92 Å². The van der Waals surface area contributed by atoms with Gasteiger partial charge in [-0.2, -0.15) is 0 Å². The largest absolute Gasteiger partial charge is 0.493 e. The summed E-state index contributed by atoms with van der Waals surface area (Å²) in [5.41, 5.74) is 0. The Balaban J connectivity index is 2.03. The Bertz CT molecular complexity index is 444. The van der Waals surface area contributed by atoms with Crippen molar-refractivity contribution in [3.63, 3.8) is 0 Å². The lowest BCUT2D eigenvalue weighted by Gasteiger charge is -2.06. The summed E-state index contributed by atoms with van der Waals surface area (Å²) in [4.78, 5) is 0.369. The number of hydrogen-bond acceptors (Lipinski definition) is 3. The summed E-state index contributed by atoms with van der Waals surface area (Å²) in [6, 6.07) is 6.68. The third kappa shape index (κ3) is 2.76. The molecule has 0 bridgehead atoms. The predicted octanol–water partition coefficient (Wildman–Crippen LogP) is 2.27. The Morgan fingerprint density at radius 1 is 1.25 bits per heavy atom. The van der Waals surface area contributed by atoms with E-state index in [2.05, 4.69) is 0 Å². The summed E-state index contributed by atoms with van der Waals surface area (Å²) in [6.45, 7) is 2.40. The maximum atomic E-state index is 11.5. The molecular weight excluding hydrogens is 224 g/mol. The van der Waals surface area contributed by atoms with Gasteiger partial charge in [0.1, 0.15) is 5.75 Å². The molecule has 2 rings (SSSR count). The number of sulfone groups is 1. The Morgan fingerprint density at radius 3 is 2.38 bits per heavy atom. The Labute approximate surface area is 96.4 Å². The van der Waals surface area contributed by atoms with Crippen LogP contribution < -0.4 is 4.74 Å². The van der Waals surface area contributed by atoms with Crippen molar-refractivity contribution < 1.29 is 13.2 Å². The molecule has 0 amide bonds. The maximum Gasteiger partial charge on any atom is 0.178 e. The van der Waals surface area contributed by atoms with Gasteiger partial charge in [0.2, 0.25) is 0 Å². The summed E-state index contributed by atoms with van der Waals surface area (Å²) in [5, 5.41) is 0. The van der Waals surface area contributed by atoms with Gasteiger partial charge >= 0.3 is 0 Å². The Hall–Kier alpha value is -1.03. The second-order valence-corrected chi connectivity index (χ2v) is 6.41. The number of hydrogen-bond donors (Lipinski definition) is 0. The molecule has 16 heavy (non-hydrogen) atoms. The lowest BCUT2D eigenvalue weighted by atomic mass is 10.3. The summed E-state index contributed by atoms with van der Waals surface area (Å²) in [5.74, 6) is 1.59. The predicted molar refractivity (Wildman–Crippen MR) is 62.4 cm³/mol. The molecule has 0 heterocycles. The molecule has 1 aromatic carbocycles. The SMILES string of the molecule is CCS(=O)(=O)c1ccc(OCC2CC2)cc1. The van der Waals surface area contributed by atoms with Crippen LogP contribution in [0.3, 0.4) is 0 Å². The van der Waals surface area contributed by atoms with Gasteiger partial charge in [-0.15, -0.1) is 0 Å². The first kappa shape index (κ1) is 11.5. The minimum absolute atomic E-state index is 0.134. The maximum absolute atomic E-state index is 11.5. The molecule has 88 valence electrons. The highest BCUT2D eigenvalue weighted by atomic mass is 32.2. The van der Waals surface area contributed by atoms with Gasteiger partial charge in [0, 0.05) is 0 Å². The van der Waals surface area contributed by atoms with E-state index >= 15 is 0 Å². The second kappa shape index (κ2) is 4.45. The van der Waals surface area contributed by atoms with Gasteiger partial charge in [0.25, 0.3) is 0 Å². The van der Waals surface area contributed by atoms with Gasteiger partial charge in [-0.1, -0.05) is 6.92 Å². The van der Waals surface area contributed by atoms with E-state index in [-0.39, 0.29) is 5.75 Å². The van der Waals surface area contributed by atoms with E-state index in [0.29, 0.717) is 10.8 Å². The van der Waals surface area contributed by atoms with E-state index in [4.69, 9.17) is 4.74 Å². The fourth-order valence-electron chi connectivity index (χ4n) is 1.41. The number of ether oxygens (including phenoxy) is 1. The normalized spacial score (nSPS) is 16.1. The summed E-state index contributed by atoms with van der Waals surface area (Å²) in [7, 11) is -3.09. The average molecular weight is 240 g/mol. The van der Waals surface area contributed by atoms with Crippen molar-refractivity contribution in [1.29, 1.82) is 0 Å². The zero-order valence-electron chi connectivity index (χ0n) is 9.35. The Kier molecular flexibility index (Phi) is 3.19. The molecule has 0 N–H and O–H groups in total. The van der Waals surface area contributed by atoms with Gasteiger partial charge in [0.05, 0.1) is 17.3 Å². The zero-order chi connectivity index (χ0) is 11.6. The van der Waals surface area contributed by atoms with Gasteiger partial charge in [-0.05, 0) is 43.0 Å². The topological polar surface area (TPSA) is 43.4 Å². The third-order valence-electron chi connectivity index (χ3n) is 2.75. The lowest BCUT2D eigenvalue weighted by Crippen LogP contribution is -2.04. The van der Waals surface area contributed by atoms with Crippen LogP contribution in [-0.2, 0) is 9.84 Å². The van der Waals surface area contributed by atoms with Crippen molar-refractivity contribution in [2.45, 2.75) is 24.7 Å². The van der Waals surface area contributed by atoms with Crippen LogP contribution in [-0.4, -0.2) is 20.8 Å². The van der Waals surface area contributed by atoms with Crippen LogP contribution in [0.1, 0.15) is 19.8 Å². The molecule has 3 nitrogen and oxygen atoms in total. The summed E-state index contributed by atoms with van der Waals surface area (Å²) in [6.07, 6.45) is 2.50. The minimum atomic E-state index is -3.09. The van der Waals surface area contributed by atoms with Crippen LogP contribution in [0.5, 0.6) is 5.75 Å². The monoisotopic (exact) mass is 240 g/mol. The van der Waals surface area contributed by atoms with Gasteiger partial charge in [-0.3, -0.25) is 0 Å². The molecule has 4 heteroatoms. The van der Waals surface area contributed by atoms with E-state index in [1.165, 1.54) is 12.8 Å². The molecule has 0 saturated heterocycles. The second-order valence-electron chi connectivity index (χ2n) is 4.13. The van der Waals surface area contributed by atoms with E-state index in [1.807, 2.05) is 0 Å². The summed E-state index contributed by atoms with van der Waals surface area (Å²) >= 11 is 0. The highest BCUT2D eigenvalue weighted by Crippen LogP contribution is 2.29. The first-order valence-electron chi connectivity index (χ1n) is 5.57. The molecule has 0 spiro atoms. The van der Waals surface area contributed by atoms with Crippen LogP contribution in [0.2, 0.25) is 0 Å². The molecule has 1 saturated carbocycles. The molecular formula is C12H16O3S. The zero-order valence-corrected chi connectivity index (χ0v) is 10.2. The van der Waals surface area contributed by atoms with Crippen LogP contribution in [0.4, 0.5) is 0 Å². The smallest absolute Gasteiger partial charge is 0.178 e. The molecule has 1 fully saturated rings. The first-order valence-corrected chi connectivity index (χ1v) is 7.22. The molecule has 1 aromatic rings. The van der Waals surface area contributed by atoms with Crippen molar-refractivity contribution >= 4 is 9.84 Å². The average Bonchev–Trinajstić information content (AvgIpc) is 3.11. The van der Waals surface area contributed by atoms with Crippen LogP contribution in [0, 0.1) is 5.92 Å². The van der Waals surface area contributed by atoms with E-state index in [9.17, 15) is 8.42 Å². The molecule has 1 aliphatic carbocycles.